The number of aliphatic hydroxyl groups is 1. The number of carbonyl (C=O) groups is 3. The van der Waals surface area contributed by atoms with E-state index in [0.29, 0.717) is 19.7 Å². The predicted molar refractivity (Wildman–Crippen MR) is 220 cm³/mol. The number of aromatic nitrogens is 3. The zero-order valence-corrected chi connectivity index (χ0v) is 34.3. The summed E-state index contributed by atoms with van der Waals surface area (Å²) in [6, 6.07) is 15.4. The first-order valence-corrected chi connectivity index (χ1v) is 20.6. The number of H-pyrrole nitrogens is 2. The number of rotatable bonds is 12. The molecule has 5 N–H and O–H groups in total. The molecule has 2 aromatic heterocycles. The number of imidazole rings is 1. The highest BCUT2D eigenvalue weighted by molar-refractivity contribution is 5.87. The van der Waals surface area contributed by atoms with Crippen LogP contribution in [0, 0.1) is 11.8 Å². The second-order valence-corrected chi connectivity index (χ2v) is 16.3. The Hall–Kier alpha value is -5.34. The van der Waals surface area contributed by atoms with E-state index >= 15 is 0 Å². The van der Waals surface area contributed by atoms with E-state index in [4.69, 9.17) is 19.2 Å². The van der Waals surface area contributed by atoms with Gasteiger partial charge < -0.3 is 44.8 Å². The Morgan fingerprint density at radius 3 is 2.09 bits per heavy atom. The monoisotopic (exact) mass is 795 g/mol. The van der Waals surface area contributed by atoms with Crippen LogP contribution in [0.4, 0.5) is 9.59 Å². The lowest BCUT2D eigenvalue weighted by atomic mass is 9.98. The molecule has 3 amide bonds. The van der Waals surface area contributed by atoms with E-state index in [1.54, 1.807) is 0 Å². The van der Waals surface area contributed by atoms with E-state index in [1.807, 2.05) is 43.7 Å². The average Bonchev–Trinajstić information content (AvgIpc) is 4.07. The molecule has 1 unspecified atom stereocenters. The molecule has 0 radical (unpaired) electrons. The number of likely N-dealkylation sites (tertiary alicyclic amines) is 2. The van der Waals surface area contributed by atoms with Crippen LogP contribution >= 0.6 is 0 Å². The van der Waals surface area contributed by atoms with Gasteiger partial charge in [0.2, 0.25) is 5.91 Å². The summed E-state index contributed by atoms with van der Waals surface area (Å²) >= 11 is 0. The summed E-state index contributed by atoms with van der Waals surface area (Å²) in [7, 11) is 2.63. The number of fused-ring (bicyclic) bond motifs is 1. The van der Waals surface area contributed by atoms with Crippen LogP contribution in [0.25, 0.3) is 33.6 Å². The van der Waals surface area contributed by atoms with Crippen LogP contribution in [-0.2, 0) is 20.7 Å². The Morgan fingerprint density at radius 1 is 0.810 bits per heavy atom. The number of nitrogens with zero attached hydrogens (tertiary/aromatic N) is 3. The Balaban J connectivity index is 1.06. The molecule has 0 saturated carbocycles. The van der Waals surface area contributed by atoms with Crippen molar-refractivity contribution >= 4 is 18.1 Å². The van der Waals surface area contributed by atoms with Crippen LogP contribution in [0.2, 0.25) is 0 Å². The third-order valence-electron chi connectivity index (χ3n) is 11.9. The summed E-state index contributed by atoms with van der Waals surface area (Å²) in [5, 5.41) is 16.9. The van der Waals surface area contributed by atoms with E-state index < -0.39 is 30.5 Å². The number of aromatic amines is 2. The lowest BCUT2D eigenvalue weighted by molar-refractivity contribution is -0.135. The molecular weight excluding hydrogens is 739 g/mol. The van der Waals surface area contributed by atoms with Crippen molar-refractivity contribution in [2.75, 3.05) is 33.9 Å². The number of hydrogen-bond donors (Lipinski definition) is 5. The maximum absolute atomic E-state index is 13.9. The summed E-state index contributed by atoms with van der Waals surface area (Å²) in [5.41, 5.74) is 8.10. The molecule has 5 atom stereocenters. The number of aliphatic hydroxyl groups excluding tert-OH is 1. The molecule has 14 nitrogen and oxygen atoms in total. The maximum Gasteiger partial charge on any atom is 0.407 e. The average molecular weight is 796 g/mol. The van der Waals surface area contributed by atoms with Gasteiger partial charge in [0.05, 0.1) is 56.5 Å². The molecule has 58 heavy (non-hydrogen) atoms. The lowest BCUT2D eigenvalue weighted by Gasteiger charge is -2.35. The summed E-state index contributed by atoms with van der Waals surface area (Å²) in [4.78, 5) is 53.9. The number of benzene rings is 2. The normalized spacial score (nSPS) is 19.7. The van der Waals surface area contributed by atoms with Gasteiger partial charge in [0.1, 0.15) is 23.8 Å². The van der Waals surface area contributed by atoms with E-state index in [1.165, 1.54) is 14.2 Å². The Kier molecular flexibility index (Phi) is 12.4. The predicted octanol–water partition coefficient (Wildman–Crippen LogP) is 6.94. The smallest absolute Gasteiger partial charge is 0.407 e. The van der Waals surface area contributed by atoms with Gasteiger partial charge in [0, 0.05) is 29.9 Å². The molecule has 14 heteroatoms. The third kappa shape index (κ3) is 8.30. The number of hydrogen-bond acceptors (Lipinski definition) is 9. The van der Waals surface area contributed by atoms with Crippen molar-refractivity contribution in [3.63, 3.8) is 0 Å². The van der Waals surface area contributed by atoms with E-state index in [2.05, 4.69) is 69.1 Å². The number of methoxy groups -OCH3 is 2. The largest absolute Gasteiger partial charge is 0.491 e. The molecule has 7 rings (SSSR count). The van der Waals surface area contributed by atoms with Crippen LogP contribution in [0.1, 0.15) is 89.0 Å². The number of carbonyl (C=O) groups excluding carboxylic acids is 3. The van der Waals surface area contributed by atoms with Gasteiger partial charge in [-0.25, -0.2) is 14.6 Å². The van der Waals surface area contributed by atoms with Crippen molar-refractivity contribution in [2.45, 2.75) is 96.6 Å². The first-order valence-electron chi connectivity index (χ1n) is 20.6. The quantitative estimate of drug-likeness (QED) is 0.102. The molecule has 2 aromatic carbocycles. The van der Waals surface area contributed by atoms with E-state index in [0.717, 1.165) is 95.0 Å². The zero-order chi connectivity index (χ0) is 41.1. The molecule has 310 valence electrons. The zero-order valence-electron chi connectivity index (χ0n) is 34.3. The number of amides is 3. The first kappa shape index (κ1) is 40.8. The standard InChI is InChI=1S/C44H57N7O7/c1-25(2)35(48-43(54)56-5)41(52)50-21-7-11-33(50)38-31-10-9-23-58-39(31)37(47-38)30-19-15-28(16-20-30)27-13-17-29(18-14-27)32-24-45-40(46-32)34-12-8-22-51(34)42(53)36(26(3)4)49-44(55)57-6/h13-20,24-26,33-36,42,47,53H,7-12,21-23H2,1-6H3,(H,45,46)(H,48,54)(H,49,55)/t33-,34+,35+,36+,42?/m1/s1. The summed E-state index contributed by atoms with van der Waals surface area (Å²) in [5.74, 6) is 1.43. The van der Waals surface area contributed by atoms with Crippen molar-refractivity contribution in [1.82, 2.24) is 35.4 Å². The van der Waals surface area contributed by atoms with Crippen LogP contribution < -0.4 is 15.4 Å². The molecule has 3 aliphatic rings. The number of alkyl carbamates (subject to hydrolysis) is 2. The van der Waals surface area contributed by atoms with Crippen LogP contribution in [-0.4, -0.2) is 100 Å². The third-order valence-corrected chi connectivity index (χ3v) is 11.9. The minimum atomic E-state index is -0.892. The van der Waals surface area contributed by atoms with Crippen molar-refractivity contribution in [3.8, 4) is 39.4 Å². The van der Waals surface area contributed by atoms with Crippen molar-refractivity contribution < 1.29 is 33.7 Å². The second kappa shape index (κ2) is 17.7. The van der Waals surface area contributed by atoms with Gasteiger partial charge in [-0.05, 0) is 67.1 Å². The summed E-state index contributed by atoms with van der Waals surface area (Å²) < 4.78 is 15.9. The maximum atomic E-state index is 13.9. The summed E-state index contributed by atoms with van der Waals surface area (Å²) in [6.07, 6.45) is 4.99. The van der Waals surface area contributed by atoms with Crippen molar-refractivity contribution in [3.05, 3.63) is 71.8 Å². The molecule has 5 heterocycles. The molecule has 4 aromatic rings. The lowest BCUT2D eigenvalue weighted by Crippen LogP contribution is -2.54. The van der Waals surface area contributed by atoms with Gasteiger partial charge in [0.15, 0.2) is 0 Å². The highest BCUT2D eigenvalue weighted by Gasteiger charge is 2.40. The minimum Gasteiger partial charge on any atom is -0.491 e. The summed E-state index contributed by atoms with van der Waals surface area (Å²) in [6.45, 7) is 9.73. The molecule has 2 fully saturated rings. The van der Waals surface area contributed by atoms with Gasteiger partial charge >= 0.3 is 12.2 Å². The topological polar surface area (TPSA) is 174 Å². The molecule has 0 spiro atoms. The minimum absolute atomic E-state index is 0.00708. The number of ether oxygens (including phenoxy) is 3. The van der Waals surface area contributed by atoms with E-state index in [-0.39, 0.29) is 29.8 Å². The Labute approximate surface area is 340 Å². The van der Waals surface area contributed by atoms with Gasteiger partial charge in [-0.2, -0.15) is 0 Å². The molecule has 0 aliphatic carbocycles. The first-order chi connectivity index (χ1) is 28.0. The Bertz CT molecular complexity index is 2060. The van der Waals surface area contributed by atoms with Gasteiger partial charge in [-0.3, -0.25) is 9.69 Å². The molecule has 3 aliphatic heterocycles. The fourth-order valence-electron chi connectivity index (χ4n) is 8.78. The molecule has 0 bridgehead atoms. The van der Waals surface area contributed by atoms with Crippen LogP contribution in [0.3, 0.4) is 0 Å². The molecular formula is C44H57N7O7. The van der Waals surface area contributed by atoms with Gasteiger partial charge in [-0.15, -0.1) is 0 Å². The Morgan fingerprint density at radius 2 is 1.43 bits per heavy atom. The highest BCUT2D eigenvalue weighted by Crippen LogP contribution is 2.45. The van der Waals surface area contributed by atoms with Crippen molar-refractivity contribution in [1.29, 1.82) is 0 Å². The molecule has 2 saturated heterocycles. The fraction of sp³-hybridized carbons (Fsp3) is 0.500. The fourth-order valence-corrected chi connectivity index (χ4v) is 8.78. The number of nitrogens with one attached hydrogen (secondary N) is 4. The SMILES string of the molecule is COC(=O)N[C@@H](C(C)C)C(O)N1CCC[C@H]1c1ncc(-c2ccc(-c3ccc(-c4[nH]c([C@H]5CCCN5C(=O)[C@@H](NC(=O)OC)C(C)C)c5c4OCCC5)cc3)cc2)[nH]1. The highest BCUT2D eigenvalue weighted by atomic mass is 16.5. The van der Waals surface area contributed by atoms with E-state index in [9.17, 15) is 19.5 Å². The van der Waals surface area contributed by atoms with Crippen LogP contribution in [0.15, 0.2) is 54.7 Å². The second-order valence-electron chi connectivity index (χ2n) is 16.3. The van der Waals surface area contributed by atoms with Gasteiger partial charge in [0.25, 0.3) is 0 Å². The van der Waals surface area contributed by atoms with Gasteiger partial charge in [-0.1, -0.05) is 76.2 Å². The van der Waals surface area contributed by atoms with Crippen molar-refractivity contribution in [2.24, 2.45) is 11.8 Å². The van der Waals surface area contributed by atoms with Crippen LogP contribution in [0.5, 0.6) is 5.75 Å².